The van der Waals surface area contributed by atoms with Gasteiger partial charge in [-0.3, -0.25) is 0 Å². The van der Waals surface area contributed by atoms with Gasteiger partial charge in [-0.1, -0.05) is 59.8 Å². The van der Waals surface area contributed by atoms with Crippen molar-refractivity contribution in [2.45, 2.75) is 72.6 Å². The first kappa shape index (κ1) is 13.1. The van der Waals surface area contributed by atoms with Gasteiger partial charge in [0.15, 0.2) is 0 Å². The maximum Gasteiger partial charge on any atom is -0.0383 e. The summed E-state index contributed by atoms with van der Waals surface area (Å²) in [6.45, 7) is 9.59. The SMILES string of the molecule is CCCC1CCCC(C)C(CC(C)C)C1. The Morgan fingerprint density at radius 3 is 2.53 bits per heavy atom. The minimum Gasteiger partial charge on any atom is -0.0654 e. The van der Waals surface area contributed by atoms with Crippen LogP contribution < -0.4 is 0 Å². The predicted octanol–water partition coefficient (Wildman–Crippen LogP) is 5.28. The summed E-state index contributed by atoms with van der Waals surface area (Å²) in [5, 5.41) is 0. The van der Waals surface area contributed by atoms with Gasteiger partial charge in [0.25, 0.3) is 0 Å². The summed E-state index contributed by atoms with van der Waals surface area (Å²) < 4.78 is 0. The minimum absolute atomic E-state index is 0.887. The molecule has 0 saturated heterocycles. The third kappa shape index (κ3) is 4.57. The zero-order valence-electron chi connectivity index (χ0n) is 11.3. The van der Waals surface area contributed by atoms with Crippen LogP contribution in [0.25, 0.3) is 0 Å². The molecule has 0 aliphatic heterocycles. The highest BCUT2D eigenvalue weighted by Gasteiger charge is 2.25. The van der Waals surface area contributed by atoms with Gasteiger partial charge in [0, 0.05) is 0 Å². The van der Waals surface area contributed by atoms with Crippen LogP contribution in [0, 0.1) is 23.7 Å². The Morgan fingerprint density at radius 2 is 1.93 bits per heavy atom. The monoisotopic (exact) mass is 210 g/mol. The van der Waals surface area contributed by atoms with E-state index in [2.05, 4.69) is 27.7 Å². The van der Waals surface area contributed by atoms with E-state index in [1.54, 1.807) is 0 Å². The van der Waals surface area contributed by atoms with Crippen molar-refractivity contribution in [3.63, 3.8) is 0 Å². The van der Waals surface area contributed by atoms with E-state index in [0.29, 0.717) is 0 Å². The lowest BCUT2D eigenvalue weighted by atomic mass is 9.80. The van der Waals surface area contributed by atoms with Crippen molar-refractivity contribution in [2.24, 2.45) is 23.7 Å². The smallest absolute Gasteiger partial charge is 0.0383 e. The molecule has 0 nitrogen and oxygen atoms in total. The average Bonchev–Trinajstić information content (AvgIpc) is 2.30. The summed E-state index contributed by atoms with van der Waals surface area (Å²) in [5.74, 6) is 3.93. The molecule has 0 bridgehead atoms. The van der Waals surface area contributed by atoms with Crippen LogP contribution in [0.5, 0.6) is 0 Å². The molecular formula is C15H30. The molecule has 0 radical (unpaired) electrons. The number of hydrogen-bond acceptors (Lipinski definition) is 0. The molecule has 3 atom stereocenters. The van der Waals surface area contributed by atoms with E-state index in [4.69, 9.17) is 0 Å². The first-order valence-electron chi connectivity index (χ1n) is 7.13. The Kier molecular flexibility index (Phi) is 5.71. The highest BCUT2D eigenvalue weighted by atomic mass is 14.3. The van der Waals surface area contributed by atoms with Crippen LogP contribution in [0.3, 0.4) is 0 Å². The van der Waals surface area contributed by atoms with E-state index in [0.717, 1.165) is 23.7 Å². The van der Waals surface area contributed by atoms with Gasteiger partial charge in [0.1, 0.15) is 0 Å². The molecule has 1 rings (SSSR count). The molecule has 1 saturated carbocycles. The lowest BCUT2D eigenvalue weighted by Crippen LogP contribution is -2.15. The summed E-state index contributed by atoms with van der Waals surface area (Å²) in [7, 11) is 0. The quantitative estimate of drug-likeness (QED) is 0.554. The van der Waals surface area contributed by atoms with Gasteiger partial charge in [-0.2, -0.15) is 0 Å². The lowest BCUT2D eigenvalue weighted by Gasteiger charge is -2.25. The van der Waals surface area contributed by atoms with Crippen LogP contribution in [0.4, 0.5) is 0 Å². The predicted molar refractivity (Wildman–Crippen MR) is 69.0 cm³/mol. The molecule has 0 heterocycles. The Morgan fingerprint density at radius 1 is 1.20 bits per heavy atom. The van der Waals surface area contributed by atoms with Gasteiger partial charge in [0.2, 0.25) is 0 Å². The molecular weight excluding hydrogens is 180 g/mol. The van der Waals surface area contributed by atoms with Crippen LogP contribution >= 0.6 is 0 Å². The largest absolute Gasteiger partial charge is 0.0654 e. The summed E-state index contributed by atoms with van der Waals surface area (Å²) in [6.07, 6.45) is 10.3. The normalized spacial score (nSPS) is 33.0. The van der Waals surface area contributed by atoms with E-state index >= 15 is 0 Å². The van der Waals surface area contributed by atoms with Crippen LogP contribution in [-0.4, -0.2) is 0 Å². The van der Waals surface area contributed by atoms with E-state index in [1.807, 2.05) is 0 Å². The van der Waals surface area contributed by atoms with Gasteiger partial charge in [-0.15, -0.1) is 0 Å². The second-order valence-corrected chi connectivity index (χ2v) is 6.19. The molecule has 1 aliphatic carbocycles. The highest BCUT2D eigenvalue weighted by molar-refractivity contribution is 4.76. The Bertz CT molecular complexity index is 159. The van der Waals surface area contributed by atoms with Crippen molar-refractivity contribution in [2.75, 3.05) is 0 Å². The Labute approximate surface area is 96.8 Å². The molecule has 0 amide bonds. The fourth-order valence-electron chi connectivity index (χ4n) is 3.35. The lowest BCUT2D eigenvalue weighted by molar-refractivity contribution is 0.254. The maximum atomic E-state index is 2.49. The molecule has 0 aromatic carbocycles. The fraction of sp³-hybridized carbons (Fsp3) is 1.00. The third-order valence-electron chi connectivity index (χ3n) is 4.18. The summed E-state index contributed by atoms with van der Waals surface area (Å²) >= 11 is 0. The number of rotatable bonds is 4. The van der Waals surface area contributed by atoms with Gasteiger partial charge >= 0.3 is 0 Å². The van der Waals surface area contributed by atoms with Gasteiger partial charge in [-0.25, -0.2) is 0 Å². The highest BCUT2D eigenvalue weighted by Crippen LogP contribution is 2.37. The minimum atomic E-state index is 0.887. The molecule has 0 aromatic rings. The van der Waals surface area contributed by atoms with E-state index < -0.39 is 0 Å². The fourth-order valence-corrected chi connectivity index (χ4v) is 3.35. The molecule has 15 heavy (non-hydrogen) atoms. The van der Waals surface area contributed by atoms with Crippen molar-refractivity contribution in [3.05, 3.63) is 0 Å². The topological polar surface area (TPSA) is 0 Å². The van der Waals surface area contributed by atoms with Crippen LogP contribution in [0.1, 0.15) is 72.6 Å². The number of hydrogen-bond donors (Lipinski definition) is 0. The molecule has 1 aliphatic rings. The van der Waals surface area contributed by atoms with Crippen molar-refractivity contribution >= 4 is 0 Å². The maximum absolute atomic E-state index is 2.49. The molecule has 1 fully saturated rings. The Balaban J connectivity index is 2.48. The van der Waals surface area contributed by atoms with Crippen LogP contribution in [0.15, 0.2) is 0 Å². The Hall–Kier alpha value is 0. The van der Waals surface area contributed by atoms with E-state index in [1.165, 1.54) is 44.9 Å². The van der Waals surface area contributed by atoms with E-state index in [-0.39, 0.29) is 0 Å². The molecule has 0 N–H and O–H groups in total. The van der Waals surface area contributed by atoms with Crippen molar-refractivity contribution < 1.29 is 0 Å². The van der Waals surface area contributed by atoms with Gasteiger partial charge in [0.05, 0.1) is 0 Å². The van der Waals surface area contributed by atoms with Crippen LogP contribution in [-0.2, 0) is 0 Å². The molecule has 0 spiro atoms. The zero-order valence-corrected chi connectivity index (χ0v) is 11.3. The van der Waals surface area contributed by atoms with Crippen molar-refractivity contribution in [1.29, 1.82) is 0 Å². The molecule has 90 valence electrons. The first-order valence-corrected chi connectivity index (χ1v) is 7.13. The van der Waals surface area contributed by atoms with Crippen molar-refractivity contribution in [1.82, 2.24) is 0 Å². The van der Waals surface area contributed by atoms with Gasteiger partial charge < -0.3 is 0 Å². The molecule has 3 unspecified atom stereocenters. The standard InChI is InChI=1S/C15H30/c1-5-7-14-9-6-8-13(4)15(11-14)10-12(2)3/h12-15H,5-11H2,1-4H3. The second-order valence-electron chi connectivity index (χ2n) is 6.19. The first-order chi connectivity index (χ1) is 7.13. The van der Waals surface area contributed by atoms with Crippen molar-refractivity contribution in [3.8, 4) is 0 Å². The zero-order chi connectivity index (χ0) is 11.3. The summed E-state index contributed by atoms with van der Waals surface area (Å²) in [6, 6.07) is 0. The summed E-state index contributed by atoms with van der Waals surface area (Å²) in [4.78, 5) is 0. The average molecular weight is 210 g/mol. The molecule has 0 aromatic heterocycles. The third-order valence-corrected chi connectivity index (χ3v) is 4.18. The molecule has 0 heteroatoms. The summed E-state index contributed by atoms with van der Waals surface area (Å²) in [5.41, 5.74) is 0. The van der Waals surface area contributed by atoms with E-state index in [9.17, 15) is 0 Å². The van der Waals surface area contributed by atoms with Crippen LogP contribution in [0.2, 0.25) is 0 Å². The van der Waals surface area contributed by atoms with Gasteiger partial charge in [-0.05, 0) is 36.5 Å². The second kappa shape index (κ2) is 6.55.